The highest BCUT2D eigenvalue weighted by atomic mass is 16.4. The molecule has 0 bridgehead atoms. The molecule has 114 valence electrons. The predicted octanol–water partition coefficient (Wildman–Crippen LogP) is 1.05. The summed E-state index contributed by atoms with van der Waals surface area (Å²) >= 11 is 0. The molecule has 6 nitrogen and oxygen atoms in total. The fraction of sp³-hybridized carbons (Fsp3) is 0.786. The predicted molar refractivity (Wildman–Crippen MR) is 74.1 cm³/mol. The van der Waals surface area contributed by atoms with Gasteiger partial charge >= 0.3 is 5.97 Å². The zero-order valence-electron chi connectivity index (χ0n) is 12.0. The zero-order chi connectivity index (χ0) is 15.0. The van der Waals surface area contributed by atoms with Crippen molar-refractivity contribution >= 4 is 17.8 Å². The van der Waals surface area contributed by atoms with Crippen molar-refractivity contribution in [3.8, 4) is 0 Å². The van der Waals surface area contributed by atoms with Crippen LogP contribution in [0.1, 0.15) is 51.9 Å². The van der Waals surface area contributed by atoms with E-state index < -0.39 is 11.4 Å². The van der Waals surface area contributed by atoms with Crippen molar-refractivity contribution in [1.82, 2.24) is 10.6 Å². The lowest BCUT2D eigenvalue weighted by molar-refractivity contribution is -0.154. The largest absolute Gasteiger partial charge is 0.481 e. The molecule has 1 aliphatic rings. The van der Waals surface area contributed by atoms with E-state index in [1.165, 1.54) is 6.92 Å². The Morgan fingerprint density at radius 3 is 2.30 bits per heavy atom. The van der Waals surface area contributed by atoms with Gasteiger partial charge in [-0.25, -0.2) is 0 Å². The number of unbranched alkanes of at least 4 members (excludes halogenated alkanes) is 2. The third-order valence-electron chi connectivity index (χ3n) is 3.84. The minimum atomic E-state index is -0.806. The number of nitrogens with one attached hydrogen (secondary N) is 2. The van der Waals surface area contributed by atoms with E-state index in [4.69, 9.17) is 5.11 Å². The summed E-state index contributed by atoms with van der Waals surface area (Å²) in [5.41, 5.74) is -0.721. The molecule has 0 atom stereocenters. The van der Waals surface area contributed by atoms with Gasteiger partial charge in [-0.1, -0.05) is 12.8 Å². The molecule has 1 rings (SSSR count). The van der Waals surface area contributed by atoms with Crippen LogP contribution in [-0.4, -0.2) is 36.0 Å². The van der Waals surface area contributed by atoms with Gasteiger partial charge in [0, 0.05) is 26.4 Å². The van der Waals surface area contributed by atoms with E-state index in [-0.39, 0.29) is 18.4 Å². The Hall–Kier alpha value is -1.59. The van der Waals surface area contributed by atoms with Crippen molar-refractivity contribution in [3.63, 3.8) is 0 Å². The highest BCUT2D eigenvalue weighted by molar-refractivity contribution is 5.79. The molecule has 1 fully saturated rings. The van der Waals surface area contributed by atoms with E-state index in [1.54, 1.807) is 0 Å². The van der Waals surface area contributed by atoms with Gasteiger partial charge in [-0.2, -0.15) is 0 Å². The van der Waals surface area contributed by atoms with Crippen molar-refractivity contribution < 1.29 is 19.5 Å². The number of hydrogen-bond acceptors (Lipinski definition) is 3. The number of aliphatic carboxylic acids is 1. The molecule has 0 aromatic rings. The number of carbonyl (C=O) groups is 3. The van der Waals surface area contributed by atoms with Gasteiger partial charge in [-0.15, -0.1) is 0 Å². The molecule has 3 N–H and O–H groups in total. The molecule has 6 heteroatoms. The van der Waals surface area contributed by atoms with Crippen molar-refractivity contribution in [2.45, 2.75) is 51.9 Å². The Morgan fingerprint density at radius 2 is 1.80 bits per heavy atom. The molecular formula is C14H24N2O4. The summed E-state index contributed by atoms with van der Waals surface area (Å²) in [4.78, 5) is 33.4. The second-order valence-electron chi connectivity index (χ2n) is 5.51. The maximum Gasteiger partial charge on any atom is 0.311 e. The quantitative estimate of drug-likeness (QED) is 0.552. The van der Waals surface area contributed by atoms with Gasteiger partial charge in [0.2, 0.25) is 11.8 Å². The summed E-state index contributed by atoms with van der Waals surface area (Å²) in [6.07, 6.45) is 5.12. The van der Waals surface area contributed by atoms with Crippen LogP contribution < -0.4 is 10.6 Å². The van der Waals surface area contributed by atoms with Crippen molar-refractivity contribution in [2.75, 3.05) is 13.1 Å². The molecule has 0 aromatic heterocycles. The fourth-order valence-electron chi connectivity index (χ4n) is 2.28. The second kappa shape index (κ2) is 7.87. The van der Waals surface area contributed by atoms with Crippen LogP contribution in [0.4, 0.5) is 0 Å². The first-order valence-electron chi connectivity index (χ1n) is 7.21. The van der Waals surface area contributed by atoms with Gasteiger partial charge in [-0.05, 0) is 25.7 Å². The van der Waals surface area contributed by atoms with Crippen molar-refractivity contribution in [2.24, 2.45) is 5.41 Å². The topological polar surface area (TPSA) is 95.5 Å². The molecule has 0 unspecified atom stereocenters. The first kappa shape index (κ1) is 16.5. The summed E-state index contributed by atoms with van der Waals surface area (Å²) in [5.74, 6) is -0.932. The minimum absolute atomic E-state index is 0.0396. The zero-order valence-corrected chi connectivity index (χ0v) is 12.0. The SMILES string of the molecule is CC(=O)NCCCCCC(=O)NCC1(C(=O)O)CCC1. The van der Waals surface area contributed by atoms with Gasteiger partial charge < -0.3 is 15.7 Å². The van der Waals surface area contributed by atoms with Crippen LogP contribution in [0.25, 0.3) is 0 Å². The smallest absolute Gasteiger partial charge is 0.311 e. The van der Waals surface area contributed by atoms with Crippen LogP contribution in [0, 0.1) is 5.41 Å². The molecule has 0 heterocycles. The van der Waals surface area contributed by atoms with Crippen molar-refractivity contribution in [1.29, 1.82) is 0 Å². The number of carboxylic acid groups (broad SMARTS) is 1. The van der Waals surface area contributed by atoms with E-state index in [2.05, 4.69) is 10.6 Å². The van der Waals surface area contributed by atoms with Gasteiger partial charge in [0.25, 0.3) is 0 Å². The van der Waals surface area contributed by atoms with E-state index in [9.17, 15) is 14.4 Å². The summed E-state index contributed by atoms with van der Waals surface area (Å²) in [6.45, 7) is 2.36. The lowest BCUT2D eigenvalue weighted by atomic mass is 9.69. The Kier molecular flexibility index (Phi) is 6.48. The van der Waals surface area contributed by atoms with Gasteiger partial charge in [0.05, 0.1) is 5.41 Å². The molecular weight excluding hydrogens is 260 g/mol. The molecule has 0 aliphatic heterocycles. The maximum atomic E-state index is 11.6. The van der Waals surface area contributed by atoms with Crippen LogP contribution in [-0.2, 0) is 14.4 Å². The van der Waals surface area contributed by atoms with Crippen molar-refractivity contribution in [3.05, 3.63) is 0 Å². The third kappa shape index (κ3) is 5.19. The average molecular weight is 284 g/mol. The molecule has 0 spiro atoms. The molecule has 20 heavy (non-hydrogen) atoms. The maximum absolute atomic E-state index is 11.6. The van der Waals surface area contributed by atoms with Crippen LogP contribution >= 0.6 is 0 Å². The Bertz CT molecular complexity index is 364. The Balaban J connectivity index is 2.06. The molecule has 0 aromatic carbocycles. The van der Waals surface area contributed by atoms with E-state index in [0.29, 0.717) is 25.8 Å². The van der Waals surface area contributed by atoms with Crippen LogP contribution in [0.15, 0.2) is 0 Å². The average Bonchev–Trinajstić information content (AvgIpc) is 2.31. The van der Waals surface area contributed by atoms with Gasteiger partial charge in [0.1, 0.15) is 0 Å². The summed E-state index contributed by atoms with van der Waals surface area (Å²) in [7, 11) is 0. The van der Waals surface area contributed by atoms with Gasteiger partial charge in [0.15, 0.2) is 0 Å². The number of carbonyl (C=O) groups excluding carboxylic acids is 2. The third-order valence-corrected chi connectivity index (χ3v) is 3.84. The fourth-order valence-corrected chi connectivity index (χ4v) is 2.28. The van der Waals surface area contributed by atoms with Crippen LogP contribution in [0.2, 0.25) is 0 Å². The monoisotopic (exact) mass is 284 g/mol. The molecule has 0 radical (unpaired) electrons. The second-order valence-corrected chi connectivity index (χ2v) is 5.51. The molecule has 1 aliphatic carbocycles. The normalized spacial score (nSPS) is 16.1. The highest BCUT2D eigenvalue weighted by Crippen LogP contribution is 2.40. The standard InChI is InChI=1S/C14H24N2O4/c1-11(17)15-9-4-2-3-6-12(18)16-10-14(13(19)20)7-5-8-14/h2-10H2,1H3,(H,15,17)(H,16,18)(H,19,20). The molecule has 1 saturated carbocycles. The van der Waals surface area contributed by atoms with Gasteiger partial charge in [-0.3, -0.25) is 14.4 Å². The molecule has 2 amide bonds. The Morgan fingerprint density at radius 1 is 1.10 bits per heavy atom. The number of amides is 2. The summed E-state index contributed by atoms with van der Waals surface area (Å²) < 4.78 is 0. The van der Waals surface area contributed by atoms with E-state index in [1.807, 2.05) is 0 Å². The van der Waals surface area contributed by atoms with E-state index >= 15 is 0 Å². The van der Waals surface area contributed by atoms with Crippen LogP contribution in [0.5, 0.6) is 0 Å². The highest BCUT2D eigenvalue weighted by Gasteiger charge is 2.44. The minimum Gasteiger partial charge on any atom is -0.481 e. The molecule has 0 saturated heterocycles. The Labute approximate surface area is 119 Å². The first-order chi connectivity index (χ1) is 9.46. The van der Waals surface area contributed by atoms with E-state index in [0.717, 1.165) is 25.7 Å². The summed E-state index contributed by atoms with van der Waals surface area (Å²) in [5, 5.41) is 14.6. The van der Waals surface area contributed by atoms with Crippen LogP contribution in [0.3, 0.4) is 0 Å². The lowest BCUT2D eigenvalue weighted by Gasteiger charge is -2.37. The number of carboxylic acids is 1. The first-order valence-corrected chi connectivity index (χ1v) is 7.21. The number of rotatable bonds is 9. The number of hydrogen-bond donors (Lipinski definition) is 3. The summed E-state index contributed by atoms with van der Waals surface area (Å²) in [6, 6.07) is 0. The lowest BCUT2D eigenvalue weighted by Crippen LogP contribution is -2.47.